The Bertz CT molecular complexity index is 519. The van der Waals surface area contributed by atoms with Gasteiger partial charge >= 0.3 is 145 Å². The molecule has 0 saturated carbocycles. The molecule has 0 N–H and O–H groups in total. The Balaban J connectivity index is 1.68. The van der Waals surface area contributed by atoms with E-state index in [1.165, 1.54) is 26.4 Å². The average Bonchev–Trinajstić information content (AvgIpc) is 2.53. The number of halogens is 1. The summed E-state index contributed by atoms with van der Waals surface area (Å²) in [6, 6.07) is 19.4. The van der Waals surface area contributed by atoms with Crippen molar-refractivity contribution in [2.75, 3.05) is 6.61 Å². The summed E-state index contributed by atoms with van der Waals surface area (Å²) < 4.78 is 8.70. The Morgan fingerprint density at radius 3 is 2.27 bits per heavy atom. The summed E-state index contributed by atoms with van der Waals surface area (Å²) in [7, 11) is 0. The first-order valence-electron chi connectivity index (χ1n) is 8.00. The van der Waals surface area contributed by atoms with Crippen LogP contribution < -0.4 is 25.9 Å². The van der Waals surface area contributed by atoms with E-state index in [9.17, 15) is 0 Å². The molecule has 0 aliphatic rings. The second-order valence-electron chi connectivity index (χ2n) is 5.65. The van der Waals surface area contributed by atoms with Gasteiger partial charge in [0.15, 0.2) is 0 Å². The standard InChI is InChI=1S/C20H25IO/c1-17(2)9-5-4-8-16-22-20-14-12-19(13-15-20)21-18-10-6-3-7-11-18/h3,6-7,10-15,17H,1,4-5,8-9,16H2,2H3. The Kier molecular flexibility index (Phi) is 7.64. The average molecular weight is 408 g/mol. The molecule has 2 heteroatoms. The molecule has 0 radical (unpaired) electrons. The van der Waals surface area contributed by atoms with Gasteiger partial charge in [0, 0.05) is 0 Å². The van der Waals surface area contributed by atoms with Gasteiger partial charge in [0.25, 0.3) is 0 Å². The van der Waals surface area contributed by atoms with E-state index in [4.69, 9.17) is 4.74 Å². The van der Waals surface area contributed by atoms with Crippen LogP contribution in [0.5, 0.6) is 5.75 Å². The number of ether oxygens (including phenoxy) is 1. The van der Waals surface area contributed by atoms with Gasteiger partial charge in [-0.25, -0.2) is 0 Å². The molecule has 2 aromatic carbocycles. The first-order chi connectivity index (χ1) is 10.7. The summed E-state index contributed by atoms with van der Waals surface area (Å²) in [6.45, 7) is 7.01. The first-order valence-corrected chi connectivity index (χ1v) is 10.2. The monoisotopic (exact) mass is 408 g/mol. The molecule has 0 aromatic heterocycles. The molecule has 0 fully saturated rings. The van der Waals surface area contributed by atoms with Gasteiger partial charge in [-0.1, -0.05) is 0 Å². The molecular formula is C20H25IO. The fourth-order valence-corrected chi connectivity index (χ4v) is 4.37. The number of unbranched alkanes of at least 4 members (excludes halogenated alkanes) is 2. The minimum atomic E-state index is -0.0740. The van der Waals surface area contributed by atoms with Crippen molar-refractivity contribution in [2.24, 2.45) is 5.92 Å². The van der Waals surface area contributed by atoms with Crippen LogP contribution in [0.1, 0.15) is 32.6 Å². The van der Waals surface area contributed by atoms with E-state index in [1.807, 2.05) is 0 Å². The Morgan fingerprint density at radius 2 is 1.59 bits per heavy atom. The van der Waals surface area contributed by atoms with E-state index < -0.39 is 0 Å². The quantitative estimate of drug-likeness (QED) is 0.351. The van der Waals surface area contributed by atoms with Crippen LogP contribution in [0.15, 0.2) is 54.6 Å². The van der Waals surface area contributed by atoms with Crippen LogP contribution in [0, 0.1) is 20.0 Å². The first kappa shape index (κ1) is 17.2. The zero-order chi connectivity index (χ0) is 15.6. The van der Waals surface area contributed by atoms with Gasteiger partial charge in [-0.2, -0.15) is 0 Å². The van der Waals surface area contributed by atoms with Crippen molar-refractivity contribution in [1.82, 2.24) is 0 Å². The van der Waals surface area contributed by atoms with Gasteiger partial charge in [0.2, 0.25) is 0 Å². The molecule has 2 rings (SSSR count). The third kappa shape index (κ3) is 6.73. The molecular weight excluding hydrogens is 383 g/mol. The van der Waals surface area contributed by atoms with E-state index in [-0.39, 0.29) is 21.2 Å². The molecule has 0 amide bonds. The van der Waals surface area contributed by atoms with Crippen molar-refractivity contribution < 1.29 is 25.9 Å². The van der Waals surface area contributed by atoms with Crippen molar-refractivity contribution in [3.05, 3.63) is 68.7 Å². The van der Waals surface area contributed by atoms with E-state index in [2.05, 4.69) is 68.4 Å². The molecule has 1 atom stereocenters. The molecule has 2 aromatic rings. The SMILES string of the molecule is [CH2+]C(C)CCCCCOc1ccc([I-]c2ccccc2)cc1. The van der Waals surface area contributed by atoms with Crippen LogP contribution in [-0.4, -0.2) is 6.61 Å². The van der Waals surface area contributed by atoms with Crippen LogP contribution in [0.4, 0.5) is 0 Å². The molecule has 22 heavy (non-hydrogen) atoms. The van der Waals surface area contributed by atoms with E-state index in [0.717, 1.165) is 18.8 Å². The normalized spacial score (nSPS) is 12.2. The zero-order valence-corrected chi connectivity index (χ0v) is 15.5. The Hall–Kier alpha value is -1.16. The summed E-state index contributed by atoms with van der Waals surface area (Å²) in [5.41, 5.74) is 0. The summed E-state index contributed by atoms with van der Waals surface area (Å²) in [6.07, 6.45) is 4.84. The van der Waals surface area contributed by atoms with Crippen LogP contribution in [-0.2, 0) is 0 Å². The van der Waals surface area contributed by atoms with Gasteiger partial charge in [0.1, 0.15) is 0 Å². The van der Waals surface area contributed by atoms with E-state index in [0.29, 0.717) is 5.92 Å². The van der Waals surface area contributed by atoms with Gasteiger partial charge in [-0.3, -0.25) is 0 Å². The fourth-order valence-electron chi connectivity index (χ4n) is 2.16. The third-order valence-corrected chi connectivity index (χ3v) is 6.06. The van der Waals surface area contributed by atoms with Crippen LogP contribution in [0.25, 0.3) is 0 Å². The van der Waals surface area contributed by atoms with Crippen LogP contribution in [0.2, 0.25) is 0 Å². The van der Waals surface area contributed by atoms with Crippen molar-refractivity contribution in [3.63, 3.8) is 0 Å². The summed E-state index contributed by atoms with van der Waals surface area (Å²) >= 11 is -0.0740. The molecule has 0 heterocycles. The second-order valence-corrected chi connectivity index (χ2v) is 8.68. The fraction of sp³-hybridized carbons (Fsp3) is 0.350. The summed E-state index contributed by atoms with van der Waals surface area (Å²) in [5.74, 6) is 1.56. The second kappa shape index (κ2) is 9.78. The molecule has 0 bridgehead atoms. The summed E-state index contributed by atoms with van der Waals surface area (Å²) in [4.78, 5) is 0. The van der Waals surface area contributed by atoms with Gasteiger partial charge < -0.3 is 0 Å². The minimum absolute atomic E-state index is 0.0740. The zero-order valence-electron chi connectivity index (χ0n) is 13.3. The van der Waals surface area contributed by atoms with Crippen molar-refractivity contribution in [3.8, 4) is 5.75 Å². The maximum atomic E-state index is 5.81. The van der Waals surface area contributed by atoms with Crippen LogP contribution >= 0.6 is 0 Å². The molecule has 1 unspecified atom stereocenters. The third-order valence-electron chi connectivity index (χ3n) is 3.37. The number of hydrogen-bond donors (Lipinski definition) is 0. The number of hydrogen-bond acceptors (Lipinski definition) is 1. The van der Waals surface area contributed by atoms with Crippen molar-refractivity contribution in [1.29, 1.82) is 0 Å². The van der Waals surface area contributed by atoms with Gasteiger partial charge in [0.05, 0.1) is 0 Å². The van der Waals surface area contributed by atoms with E-state index >= 15 is 0 Å². The summed E-state index contributed by atoms with van der Waals surface area (Å²) in [5, 5.41) is 0. The van der Waals surface area contributed by atoms with E-state index in [1.54, 1.807) is 0 Å². The molecule has 1 nitrogen and oxygen atoms in total. The predicted molar refractivity (Wildman–Crippen MR) is 88.8 cm³/mol. The topological polar surface area (TPSA) is 9.23 Å². The maximum absolute atomic E-state index is 5.81. The Labute approximate surface area is 145 Å². The van der Waals surface area contributed by atoms with Gasteiger partial charge in [-0.15, -0.1) is 0 Å². The molecule has 0 spiro atoms. The number of rotatable bonds is 9. The molecule has 118 valence electrons. The molecule has 0 aliphatic carbocycles. The van der Waals surface area contributed by atoms with Crippen LogP contribution in [0.3, 0.4) is 0 Å². The molecule has 0 aliphatic heterocycles. The van der Waals surface area contributed by atoms with Crippen molar-refractivity contribution >= 4 is 0 Å². The molecule has 0 saturated heterocycles. The van der Waals surface area contributed by atoms with Gasteiger partial charge in [-0.05, 0) is 0 Å². The Morgan fingerprint density at radius 1 is 0.909 bits per heavy atom. The number of benzene rings is 2. The predicted octanol–water partition coefficient (Wildman–Crippen LogP) is 2.22. The van der Waals surface area contributed by atoms with Crippen molar-refractivity contribution in [2.45, 2.75) is 32.6 Å².